The monoisotopic (exact) mass is 187 g/mol. The van der Waals surface area contributed by atoms with E-state index in [-0.39, 0.29) is 0 Å². The van der Waals surface area contributed by atoms with Crippen LogP contribution in [0, 0.1) is 5.92 Å². The fourth-order valence-corrected chi connectivity index (χ4v) is 1.30. The second-order valence-electron chi connectivity index (χ2n) is 4.53. The molecule has 80 valence electrons. The van der Waals surface area contributed by atoms with E-state index in [1.807, 2.05) is 6.92 Å². The van der Waals surface area contributed by atoms with Gasteiger partial charge in [0.1, 0.15) is 0 Å². The summed E-state index contributed by atoms with van der Waals surface area (Å²) in [5.74, 6) is 0.376. The first-order valence-corrected chi connectivity index (χ1v) is 5.36. The highest BCUT2D eigenvalue weighted by Crippen LogP contribution is 2.22. The second kappa shape index (κ2) is 5.61. The highest BCUT2D eigenvalue weighted by molar-refractivity contribution is 4.79. The van der Waals surface area contributed by atoms with Crippen molar-refractivity contribution >= 4 is 0 Å². The molecule has 0 aromatic carbocycles. The fraction of sp³-hybridized carbons (Fsp3) is 1.00. The Hall–Kier alpha value is -0.0800. The van der Waals surface area contributed by atoms with Crippen molar-refractivity contribution in [3.8, 4) is 0 Å². The number of nitrogens with one attached hydrogen (secondary N) is 1. The van der Waals surface area contributed by atoms with Crippen molar-refractivity contribution in [2.75, 3.05) is 6.54 Å². The predicted octanol–water partition coefficient (Wildman–Crippen LogP) is 2.17. The quantitative estimate of drug-likeness (QED) is 0.668. The van der Waals surface area contributed by atoms with E-state index in [0.717, 1.165) is 19.4 Å². The lowest BCUT2D eigenvalue weighted by molar-refractivity contribution is -0.00298. The van der Waals surface area contributed by atoms with Crippen LogP contribution in [0.1, 0.15) is 47.5 Å². The minimum Gasteiger partial charge on any atom is -0.390 e. The Bertz CT molecular complexity index is 132. The van der Waals surface area contributed by atoms with Gasteiger partial charge in [-0.15, -0.1) is 0 Å². The molecule has 0 bridgehead atoms. The summed E-state index contributed by atoms with van der Waals surface area (Å²) >= 11 is 0. The summed E-state index contributed by atoms with van der Waals surface area (Å²) in [7, 11) is 0. The SMILES string of the molecule is CCC(C)C(C)(O)CCNC(C)C. The van der Waals surface area contributed by atoms with E-state index in [1.54, 1.807) is 0 Å². The van der Waals surface area contributed by atoms with Crippen LogP contribution in [0.2, 0.25) is 0 Å². The highest BCUT2D eigenvalue weighted by Gasteiger charge is 2.26. The largest absolute Gasteiger partial charge is 0.390 e. The average Bonchev–Trinajstić information content (AvgIpc) is 2.01. The van der Waals surface area contributed by atoms with Gasteiger partial charge in [0.15, 0.2) is 0 Å². The van der Waals surface area contributed by atoms with Gasteiger partial charge in [-0.25, -0.2) is 0 Å². The van der Waals surface area contributed by atoms with Crippen molar-refractivity contribution in [1.82, 2.24) is 5.32 Å². The zero-order chi connectivity index (χ0) is 10.5. The molecule has 0 saturated heterocycles. The molecule has 0 aliphatic carbocycles. The van der Waals surface area contributed by atoms with Gasteiger partial charge in [-0.1, -0.05) is 34.1 Å². The smallest absolute Gasteiger partial charge is 0.0657 e. The normalized spacial score (nSPS) is 18.7. The summed E-state index contributed by atoms with van der Waals surface area (Å²) in [5.41, 5.74) is -0.517. The first-order chi connectivity index (χ1) is 5.90. The van der Waals surface area contributed by atoms with Gasteiger partial charge in [-0.05, 0) is 25.8 Å². The summed E-state index contributed by atoms with van der Waals surface area (Å²) < 4.78 is 0. The molecule has 0 fully saturated rings. The van der Waals surface area contributed by atoms with Gasteiger partial charge >= 0.3 is 0 Å². The van der Waals surface area contributed by atoms with Crippen molar-refractivity contribution in [1.29, 1.82) is 0 Å². The third kappa shape index (κ3) is 5.27. The summed E-state index contributed by atoms with van der Waals surface area (Å²) in [4.78, 5) is 0. The molecule has 2 atom stereocenters. The van der Waals surface area contributed by atoms with Crippen molar-refractivity contribution in [2.45, 2.75) is 59.1 Å². The summed E-state index contributed by atoms with van der Waals surface area (Å²) in [6.45, 7) is 11.3. The minimum absolute atomic E-state index is 0.376. The summed E-state index contributed by atoms with van der Waals surface area (Å²) in [6, 6.07) is 0.507. The molecule has 0 spiro atoms. The Morgan fingerprint density at radius 1 is 1.31 bits per heavy atom. The van der Waals surface area contributed by atoms with Crippen LogP contribution in [0.3, 0.4) is 0 Å². The lowest BCUT2D eigenvalue weighted by atomic mass is 9.86. The van der Waals surface area contributed by atoms with Gasteiger partial charge in [0.05, 0.1) is 5.60 Å². The van der Waals surface area contributed by atoms with E-state index in [9.17, 15) is 5.11 Å². The molecular formula is C11H25NO. The first kappa shape index (κ1) is 12.9. The summed E-state index contributed by atoms with van der Waals surface area (Å²) in [5, 5.41) is 13.4. The van der Waals surface area contributed by atoms with Crippen molar-refractivity contribution < 1.29 is 5.11 Å². The standard InChI is InChI=1S/C11H25NO/c1-6-10(4)11(5,13)7-8-12-9(2)3/h9-10,12-13H,6-8H2,1-5H3. The lowest BCUT2D eigenvalue weighted by Crippen LogP contribution is -2.37. The number of rotatable bonds is 6. The average molecular weight is 187 g/mol. The topological polar surface area (TPSA) is 32.3 Å². The molecule has 2 nitrogen and oxygen atoms in total. The maximum absolute atomic E-state index is 10.1. The Morgan fingerprint density at radius 3 is 2.23 bits per heavy atom. The maximum Gasteiger partial charge on any atom is 0.0657 e. The molecule has 0 heterocycles. The Balaban J connectivity index is 3.75. The lowest BCUT2D eigenvalue weighted by Gasteiger charge is -2.30. The van der Waals surface area contributed by atoms with Crippen LogP contribution in [0.5, 0.6) is 0 Å². The minimum atomic E-state index is -0.517. The van der Waals surface area contributed by atoms with Crippen LogP contribution < -0.4 is 5.32 Å². The zero-order valence-electron chi connectivity index (χ0n) is 9.72. The molecule has 0 amide bonds. The van der Waals surface area contributed by atoms with Gasteiger partial charge in [-0.3, -0.25) is 0 Å². The Labute approximate surface area is 82.7 Å². The van der Waals surface area contributed by atoms with Crippen LogP contribution in [0.4, 0.5) is 0 Å². The molecule has 0 aliphatic rings. The fourth-order valence-electron chi connectivity index (χ4n) is 1.30. The van der Waals surface area contributed by atoms with Crippen LogP contribution in [0.25, 0.3) is 0 Å². The van der Waals surface area contributed by atoms with E-state index < -0.39 is 5.60 Å². The molecule has 2 N–H and O–H groups in total. The van der Waals surface area contributed by atoms with Crippen LogP contribution in [-0.4, -0.2) is 23.3 Å². The number of aliphatic hydroxyl groups is 1. The van der Waals surface area contributed by atoms with Gasteiger partial charge in [0, 0.05) is 6.04 Å². The van der Waals surface area contributed by atoms with Crippen LogP contribution >= 0.6 is 0 Å². The third-order valence-corrected chi connectivity index (χ3v) is 2.86. The van der Waals surface area contributed by atoms with E-state index in [1.165, 1.54) is 0 Å². The van der Waals surface area contributed by atoms with Gasteiger partial charge in [0.2, 0.25) is 0 Å². The molecule has 0 rings (SSSR count). The van der Waals surface area contributed by atoms with Crippen LogP contribution in [0.15, 0.2) is 0 Å². The molecule has 0 radical (unpaired) electrons. The molecule has 0 aromatic rings. The Kier molecular flexibility index (Phi) is 5.57. The number of hydrogen-bond acceptors (Lipinski definition) is 2. The molecule has 2 heteroatoms. The zero-order valence-corrected chi connectivity index (χ0v) is 9.72. The number of hydrogen-bond donors (Lipinski definition) is 2. The first-order valence-electron chi connectivity index (χ1n) is 5.36. The van der Waals surface area contributed by atoms with Crippen molar-refractivity contribution in [2.24, 2.45) is 5.92 Å². The second-order valence-corrected chi connectivity index (χ2v) is 4.53. The summed E-state index contributed by atoms with van der Waals surface area (Å²) in [6.07, 6.45) is 1.87. The van der Waals surface area contributed by atoms with E-state index >= 15 is 0 Å². The molecule has 0 aliphatic heterocycles. The van der Waals surface area contributed by atoms with E-state index in [4.69, 9.17) is 0 Å². The Morgan fingerprint density at radius 2 is 1.85 bits per heavy atom. The predicted molar refractivity (Wildman–Crippen MR) is 57.8 cm³/mol. The van der Waals surface area contributed by atoms with E-state index in [0.29, 0.717) is 12.0 Å². The van der Waals surface area contributed by atoms with Crippen molar-refractivity contribution in [3.63, 3.8) is 0 Å². The van der Waals surface area contributed by atoms with Crippen molar-refractivity contribution in [3.05, 3.63) is 0 Å². The molecule has 0 saturated carbocycles. The third-order valence-electron chi connectivity index (χ3n) is 2.86. The van der Waals surface area contributed by atoms with Crippen LogP contribution in [-0.2, 0) is 0 Å². The molecule has 13 heavy (non-hydrogen) atoms. The van der Waals surface area contributed by atoms with Gasteiger partial charge in [0.25, 0.3) is 0 Å². The molecule has 2 unspecified atom stereocenters. The maximum atomic E-state index is 10.1. The highest BCUT2D eigenvalue weighted by atomic mass is 16.3. The van der Waals surface area contributed by atoms with E-state index in [2.05, 4.69) is 33.0 Å². The molecule has 0 aromatic heterocycles. The molecular weight excluding hydrogens is 162 g/mol. The van der Waals surface area contributed by atoms with Gasteiger partial charge < -0.3 is 10.4 Å². The van der Waals surface area contributed by atoms with Gasteiger partial charge in [-0.2, -0.15) is 0 Å².